The summed E-state index contributed by atoms with van der Waals surface area (Å²) in [5, 5.41) is 3.16. The maximum absolute atomic E-state index is 12.1. The number of ketones is 1. The Morgan fingerprint density at radius 3 is 2.76 bits per heavy atom. The van der Waals surface area contributed by atoms with Gasteiger partial charge in [0.25, 0.3) is 0 Å². The Kier molecular flexibility index (Phi) is 3.54. The fourth-order valence-corrected chi connectivity index (χ4v) is 2.03. The second-order valence-corrected chi connectivity index (χ2v) is 4.13. The summed E-state index contributed by atoms with van der Waals surface area (Å²) in [4.78, 5) is 23.5. The fourth-order valence-electron chi connectivity index (χ4n) is 2.03. The number of ether oxygens (including phenoxy) is 1. The van der Waals surface area contributed by atoms with Gasteiger partial charge < -0.3 is 10.1 Å². The van der Waals surface area contributed by atoms with Gasteiger partial charge in [0.05, 0.1) is 12.7 Å². The minimum atomic E-state index is -0.413. The third-order valence-corrected chi connectivity index (χ3v) is 3.00. The van der Waals surface area contributed by atoms with E-state index in [4.69, 9.17) is 0 Å². The van der Waals surface area contributed by atoms with E-state index >= 15 is 0 Å². The minimum Gasteiger partial charge on any atom is -0.465 e. The highest BCUT2D eigenvalue weighted by Crippen LogP contribution is 2.16. The molecule has 0 bridgehead atoms. The second-order valence-electron chi connectivity index (χ2n) is 4.13. The minimum absolute atomic E-state index is 0.0305. The average Bonchev–Trinajstić information content (AvgIpc) is 2.91. The number of carbonyl (C=O) groups is 2. The van der Waals surface area contributed by atoms with Crippen molar-refractivity contribution in [1.29, 1.82) is 0 Å². The zero-order valence-electron chi connectivity index (χ0n) is 9.73. The van der Waals surface area contributed by atoms with Crippen LogP contribution in [0.4, 0.5) is 0 Å². The molecular formula is C13H15NO3. The Morgan fingerprint density at radius 2 is 2.12 bits per heavy atom. The quantitative estimate of drug-likeness (QED) is 0.631. The van der Waals surface area contributed by atoms with E-state index in [1.807, 2.05) is 0 Å². The molecule has 0 aromatic heterocycles. The molecule has 1 N–H and O–H groups in total. The summed E-state index contributed by atoms with van der Waals surface area (Å²) in [5.74, 6) is -0.284. The molecule has 0 radical (unpaired) electrons. The molecule has 1 fully saturated rings. The zero-order chi connectivity index (χ0) is 12.3. The summed E-state index contributed by atoms with van der Waals surface area (Å²) in [7, 11) is 1.33. The maximum Gasteiger partial charge on any atom is 0.337 e. The first-order chi connectivity index (χ1) is 8.22. The van der Waals surface area contributed by atoms with Crippen molar-refractivity contribution < 1.29 is 14.3 Å². The van der Waals surface area contributed by atoms with Gasteiger partial charge in [-0.15, -0.1) is 0 Å². The van der Waals surface area contributed by atoms with E-state index in [2.05, 4.69) is 10.1 Å². The molecule has 2 rings (SSSR count). The van der Waals surface area contributed by atoms with E-state index in [1.165, 1.54) is 7.11 Å². The topological polar surface area (TPSA) is 55.4 Å². The molecule has 90 valence electrons. The van der Waals surface area contributed by atoms with Crippen LogP contribution in [0, 0.1) is 5.92 Å². The highest BCUT2D eigenvalue weighted by Gasteiger charge is 2.24. The van der Waals surface area contributed by atoms with Crippen LogP contribution in [-0.2, 0) is 4.74 Å². The Balaban J connectivity index is 2.20. The van der Waals surface area contributed by atoms with Crippen molar-refractivity contribution in [2.45, 2.75) is 6.42 Å². The van der Waals surface area contributed by atoms with Gasteiger partial charge in [0, 0.05) is 18.0 Å². The van der Waals surface area contributed by atoms with E-state index in [9.17, 15) is 9.59 Å². The van der Waals surface area contributed by atoms with Crippen LogP contribution in [-0.4, -0.2) is 32.0 Å². The number of Topliss-reactive ketones (excluding diaryl/α,β-unsaturated/α-hetero) is 1. The first-order valence-electron chi connectivity index (χ1n) is 5.65. The summed E-state index contributed by atoms with van der Waals surface area (Å²) in [6.07, 6.45) is 0.862. The van der Waals surface area contributed by atoms with E-state index in [1.54, 1.807) is 24.3 Å². The van der Waals surface area contributed by atoms with Crippen LogP contribution in [0.25, 0.3) is 0 Å². The number of methoxy groups -OCH3 is 1. The van der Waals surface area contributed by atoms with Gasteiger partial charge in [0.15, 0.2) is 5.78 Å². The van der Waals surface area contributed by atoms with Gasteiger partial charge in [-0.05, 0) is 25.1 Å². The molecule has 1 aliphatic rings. The Bertz CT molecular complexity index is 436. The molecule has 1 aromatic carbocycles. The SMILES string of the molecule is COC(=O)c1cccc(C(=O)C2CCNC2)c1. The van der Waals surface area contributed by atoms with Crippen LogP contribution in [0.5, 0.6) is 0 Å². The van der Waals surface area contributed by atoms with Gasteiger partial charge in [0.2, 0.25) is 0 Å². The molecule has 0 amide bonds. The normalized spacial score (nSPS) is 19.0. The lowest BCUT2D eigenvalue weighted by Crippen LogP contribution is -2.18. The zero-order valence-corrected chi connectivity index (χ0v) is 9.73. The molecule has 4 heteroatoms. The number of carbonyl (C=O) groups excluding carboxylic acids is 2. The Morgan fingerprint density at radius 1 is 1.35 bits per heavy atom. The van der Waals surface area contributed by atoms with Gasteiger partial charge in [-0.3, -0.25) is 4.79 Å². The molecule has 0 spiro atoms. The molecule has 1 saturated heterocycles. The number of esters is 1. The monoisotopic (exact) mass is 233 g/mol. The number of nitrogens with one attached hydrogen (secondary N) is 1. The van der Waals surface area contributed by atoms with Crippen LogP contribution in [0.1, 0.15) is 27.1 Å². The lowest BCUT2D eigenvalue weighted by atomic mass is 9.96. The van der Waals surface area contributed by atoms with Gasteiger partial charge in [-0.1, -0.05) is 12.1 Å². The molecule has 1 aliphatic heterocycles. The van der Waals surface area contributed by atoms with Crippen LogP contribution in [0.3, 0.4) is 0 Å². The van der Waals surface area contributed by atoms with E-state index in [-0.39, 0.29) is 11.7 Å². The van der Waals surface area contributed by atoms with E-state index in [0.29, 0.717) is 11.1 Å². The molecule has 0 saturated carbocycles. The molecule has 1 unspecified atom stereocenters. The van der Waals surface area contributed by atoms with Crippen molar-refractivity contribution in [2.75, 3.05) is 20.2 Å². The molecule has 17 heavy (non-hydrogen) atoms. The second kappa shape index (κ2) is 5.10. The smallest absolute Gasteiger partial charge is 0.337 e. The number of hydrogen-bond donors (Lipinski definition) is 1. The highest BCUT2D eigenvalue weighted by molar-refractivity contribution is 6.00. The third kappa shape index (κ3) is 2.53. The molecule has 1 heterocycles. The summed E-state index contributed by atoms with van der Waals surface area (Å²) >= 11 is 0. The molecular weight excluding hydrogens is 218 g/mol. The fraction of sp³-hybridized carbons (Fsp3) is 0.385. The Hall–Kier alpha value is -1.68. The first kappa shape index (κ1) is 11.8. The van der Waals surface area contributed by atoms with Crippen molar-refractivity contribution in [2.24, 2.45) is 5.92 Å². The Labute approximate surface area is 100.0 Å². The first-order valence-corrected chi connectivity index (χ1v) is 5.65. The molecule has 0 aliphatic carbocycles. The van der Waals surface area contributed by atoms with Crippen molar-refractivity contribution in [3.8, 4) is 0 Å². The average molecular weight is 233 g/mol. The summed E-state index contributed by atoms with van der Waals surface area (Å²) in [6, 6.07) is 6.71. The van der Waals surface area contributed by atoms with Crippen LogP contribution >= 0.6 is 0 Å². The van der Waals surface area contributed by atoms with Crippen LogP contribution in [0.2, 0.25) is 0 Å². The van der Waals surface area contributed by atoms with Gasteiger partial charge >= 0.3 is 5.97 Å². The predicted octanol–water partition coefficient (Wildman–Crippen LogP) is 1.27. The number of benzene rings is 1. The van der Waals surface area contributed by atoms with Gasteiger partial charge in [-0.25, -0.2) is 4.79 Å². The lowest BCUT2D eigenvalue weighted by Gasteiger charge is -2.08. The van der Waals surface area contributed by atoms with Crippen LogP contribution < -0.4 is 5.32 Å². The number of rotatable bonds is 3. The molecule has 1 aromatic rings. The largest absolute Gasteiger partial charge is 0.465 e. The predicted molar refractivity (Wildman–Crippen MR) is 63.1 cm³/mol. The van der Waals surface area contributed by atoms with Gasteiger partial charge in [0.1, 0.15) is 0 Å². The molecule has 4 nitrogen and oxygen atoms in total. The highest BCUT2D eigenvalue weighted by atomic mass is 16.5. The summed E-state index contributed by atoms with van der Waals surface area (Å²) < 4.78 is 4.63. The summed E-state index contributed by atoms with van der Waals surface area (Å²) in [6.45, 7) is 1.61. The van der Waals surface area contributed by atoms with Gasteiger partial charge in [-0.2, -0.15) is 0 Å². The standard InChI is InChI=1S/C13H15NO3/c1-17-13(16)10-4-2-3-9(7-10)12(15)11-5-6-14-8-11/h2-4,7,11,14H,5-6,8H2,1H3. The van der Waals surface area contributed by atoms with E-state index < -0.39 is 5.97 Å². The van der Waals surface area contributed by atoms with Crippen molar-refractivity contribution in [3.63, 3.8) is 0 Å². The third-order valence-electron chi connectivity index (χ3n) is 3.00. The van der Waals surface area contributed by atoms with Crippen molar-refractivity contribution in [1.82, 2.24) is 5.32 Å². The van der Waals surface area contributed by atoms with Crippen LogP contribution in [0.15, 0.2) is 24.3 Å². The number of hydrogen-bond acceptors (Lipinski definition) is 4. The maximum atomic E-state index is 12.1. The molecule has 1 atom stereocenters. The van der Waals surface area contributed by atoms with Crippen molar-refractivity contribution >= 4 is 11.8 Å². The lowest BCUT2D eigenvalue weighted by molar-refractivity contribution is 0.0600. The van der Waals surface area contributed by atoms with E-state index in [0.717, 1.165) is 19.5 Å². The van der Waals surface area contributed by atoms with Crippen molar-refractivity contribution in [3.05, 3.63) is 35.4 Å². The summed E-state index contributed by atoms with van der Waals surface area (Å²) in [5.41, 5.74) is 1.01.